The summed E-state index contributed by atoms with van der Waals surface area (Å²) in [6.07, 6.45) is 2.02. The van der Waals surface area contributed by atoms with E-state index in [1.807, 2.05) is 18.2 Å². The van der Waals surface area contributed by atoms with Crippen molar-refractivity contribution < 1.29 is 13.9 Å². The zero-order chi connectivity index (χ0) is 18.1. The van der Waals surface area contributed by atoms with Crippen LogP contribution in [0.15, 0.2) is 47.6 Å². The van der Waals surface area contributed by atoms with E-state index in [9.17, 15) is 9.18 Å². The number of H-pyrrole nitrogens is 1. The number of aromatic nitrogens is 2. The maximum atomic E-state index is 13.3. The fraction of sp³-hybridized carbons (Fsp3) is 0.263. The topological polar surface area (TPSA) is 67.0 Å². The number of carbonyl (C=O) groups is 1. The molecule has 1 aliphatic carbocycles. The molecule has 1 fully saturated rings. The van der Waals surface area contributed by atoms with Crippen molar-refractivity contribution >= 4 is 28.7 Å². The van der Waals surface area contributed by atoms with Gasteiger partial charge in [0.05, 0.1) is 18.1 Å². The number of rotatable bonds is 6. The molecule has 2 aromatic carbocycles. The van der Waals surface area contributed by atoms with Gasteiger partial charge in [-0.25, -0.2) is 9.37 Å². The number of aromatic amines is 1. The summed E-state index contributed by atoms with van der Waals surface area (Å²) >= 11 is 1.32. The van der Waals surface area contributed by atoms with Crippen molar-refractivity contribution in [3.05, 3.63) is 53.8 Å². The molecule has 134 valence electrons. The van der Waals surface area contributed by atoms with E-state index in [2.05, 4.69) is 15.3 Å². The minimum atomic E-state index is -0.501. The molecule has 1 aliphatic rings. The van der Waals surface area contributed by atoms with Gasteiger partial charge in [0.2, 0.25) is 5.91 Å². The molecule has 0 bridgehead atoms. The van der Waals surface area contributed by atoms with Crippen molar-refractivity contribution in [2.45, 2.75) is 29.3 Å². The van der Waals surface area contributed by atoms with E-state index >= 15 is 0 Å². The first kappa shape index (κ1) is 16.9. The first-order valence-electron chi connectivity index (χ1n) is 8.38. The van der Waals surface area contributed by atoms with Crippen molar-refractivity contribution in [3.63, 3.8) is 0 Å². The molecule has 4 rings (SSSR count). The van der Waals surface area contributed by atoms with Crippen LogP contribution in [-0.2, 0) is 4.79 Å². The summed E-state index contributed by atoms with van der Waals surface area (Å²) in [7, 11) is 1.61. The van der Waals surface area contributed by atoms with Crippen LogP contribution in [0, 0.1) is 5.82 Å². The first-order chi connectivity index (χ1) is 12.6. The molecule has 1 saturated carbocycles. The Morgan fingerprint density at radius 1 is 1.31 bits per heavy atom. The highest BCUT2D eigenvalue weighted by Gasteiger charge is 2.29. The predicted molar refractivity (Wildman–Crippen MR) is 98.8 cm³/mol. The summed E-state index contributed by atoms with van der Waals surface area (Å²) in [5.41, 5.74) is 2.38. The number of hydrogen-bond donors (Lipinski definition) is 2. The Morgan fingerprint density at radius 2 is 2.08 bits per heavy atom. The Balaban J connectivity index is 1.62. The monoisotopic (exact) mass is 371 g/mol. The van der Waals surface area contributed by atoms with Crippen LogP contribution in [0.25, 0.3) is 11.0 Å². The van der Waals surface area contributed by atoms with Gasteiger partial charge in [0.25, 0.3) is 0 Å². The number of methoxy groups -OCH3 is 1. The summed E-state index contributed by atoms with van der Waals surface area (Å²) in [4.78, 5) is 20.5. The van der Waals surface area contributed by atoms with Gasteiger partial charge < -0.3 is 15.0 Å². The molecule has 5 nitrogen and oxygen atoms in total. The average Bonchev–Trinajstić information content (AvgIpc) is 3.36. The summed E-state index contributed by atoms with van der Waals surface area (Å²) in [6.45, 7) is 0. The third-order valence-corrected chi connectivity index (χ3v) is 5.37. The Bertz CT molecular complexity index is 938. The lowest BCUT2D eigenvalue weighted by Crippen LogP contribution is -2.29. The Kier molecular flexibility index (Phi) is 4.55. The number of nitrogens with one attached hydrogen (secondary N) is 2. The van der Waals surface area contributed by atoms with E-state index < -0.39 is 5.25 Å². The third kappa shape index (κ3) is 3.67. The van der Waals surface area contributed by atoms with E-state index in [-0.39, 0.29) is 17.8 Å². The molecule has 0 aliphatic heterocycles. The van der Waals surface area contributed by atoms with Crippen molar-refractivity contribution in [1.82, 2.24) is 15.3 Å². The summed E-state index contributed by atoms with van der Waals surface area (Å²) in [5, 5.41) is 3.16. The third-order valence-electron chi connectivity index (χ3n) is 4.23. The largest absolute Gasteiger partial charge is 0.497 e. The standard InChI is InChI=1S/C19H18FN3O2S/c1-25-14-8-9-15-16(10-14)23-19(22-15)26-17(18(24)21-13-6-7-13)11-2-4-12(20)5-3-11/h2-5,8-10,13,17H,6-7H2,1H3,(H,21,24)(H,22,23)/t17-/m0/s1. The molecule has 0 radical (unpaired) electrons. The fourth-order valence-corrected chi connectivity index (χ4v) is 3.69. The molecule has 1 heterocycles. The highest BCUT2D eigenvalue weighted by Crippen LogP contribution is 2.36. The van der Waals surface area contributed by atoms with Crippen LogP contribution in [0.4, 0.5) is 4.39 Å². The molecule has 7 heteroatoms. The second-order valence-corrected chi connectivity index (χ2v) is 7.35. The first-order valence-corrected chi connectivity index (χ1v) is 9.26. The van der Waals surface area contributed by atoms with E-state index in [4.69, 9.17) is 4.74 Å². The number of amides is 1. The Morgan fingerprint density at radius 3 is 2.77 bits per heavy atom. The van der Waals surface area contributed by atoms with Crippen molar-refractivity contribution in [1.29, 1.82) is 0 Å². The summed E-state index contributed by atoms with van der Waals surface area (Å²) < 4.78 is 18.5. The molecule has 3 aromatic rings. The second-order valence-electron chi connectivity index (χ2n) is 6.26. The van der Waals surface area contributed by atoms with Gasteiger partial charge in [-0.15, -0.1) is 0 Å². The number of benzene rings is 2. The Labute approximate surface area is 154 Å². The van der Waals surface area contributed by atoms with Crippen LogP contribution in [0.5, 0.6) is 5.75 Å². The summed E-state index contributed by atoms with van der Waals surface area (Å²) in [5.74, 6) is 0.331. The smallest absolute Gasteiger partial charge is 0.238 e. The van der Waals surface area contributed by atoms with Gasteiger partial charge in [-0.05, 0) is 42.7 Å². The average molecular weight is 371 g/mol. The van der Waals surface area contributed by atoms with Crippen molar-refractivity contribution in [2.75, 3.05) is 7.11 Å². The highest BCUT2D eigenvalue weighted by atomic mass is 32.2. The zero-order valence-corrected chi connectivity index (χ0v) is 15.0. The van der Waals surface area contributed by atoms with Crippen LogP contribution in [0.2, 0.25) is 0 Å². The van der Waals surface area contributed by atoms with Crippen molar-refractivity contribution in [3.8, 4) is 5.75 Å². The maximum absolute atomic E-state index is 13.3. The predicted octanol–water partition coefficient (Wildman–Crippen LogP) is 3.82. The molecule has 0 spiro atoms. The van der Waals surface area contributed by atoms with Crippen LogP contribution < -0.4 is 10.1 Å². The van der Waals surface area contributed by atoms with E-state index in [1.54, 1.807) is 19.2 Å². The van der Waals surface area contributed by atoms with E-state index in [1.165, 1.54) is 23.9 Å². The lowest BCUT2D eigenvalue weighted by atomic mass is 10.1. The number of imidazole rings is 1. The normalized spacial score (nSPS) is 15.0. The molecule has 0 unspecified atom stereocenters. The zero-order valence-electron chi connectivity index (χ0n) is 14.2. The van der Waals surface area contributed by atoms with Crippen LogP contribution in [-0.4, -0.2) is 29.0 Å². The van der Waals surface area contributed by atoms with Gasteiger partial charge in [0.15, 0.2) is 5.16 Å². The molecular formula is C19H18FN3O2S. The Hall–Kier alpha value is -2.54. The number of fused-ring (bicyclic) bond motifs is 1. The maximum Gasteiger partial charge on any atom is 0.238 e. The molecule has 0 saturated heterocycles. The lowest BCUT2D eigenvalue weighted by molar-refractivity contribution is -0.120. The number of halogens is 1. The van der Waals surface area contributed by atoms with Crippen molar-refractivity contribution in [2.24, 2.45) is 0 Å². The number of ether oxygens (including phenoxy) is 1. The highest BCUT2D eigenvalue weighted by molar-refractivity contribution is 8.00. The van der Waals surface area contributed by atoms with Gasteiger partial charge in [-0.1, -0.05) is 23.9 Å². The number of hydrogen-bond acceptors (Lipinski definition) is 4. The van der Waals surface area contributed by atoms with Gasteiger partial charge >= 0.3 is 0 Å². The van der Waals surface area contributed by atoms with Crippen LogP contribution in [0.1, 0.15) is 23.7 Å². The fourth-order valence-electron chi connectivity index (χ4n) is 2.67. The summed E-state index contributed by atoms with van der Waals surface area (Å²) in [6, 6.07) is 11.9. The molecular weight excluding hydrogens is 353 g/mol. The molecule has 26 heavy (non-hydrogen) atoms. The lowest BCUT2D eigenvalue weighted by Gasteiger charge is -2.15. The quantitative estimate of drug-likeness (QED) is 0.647. The van der Waals surface area contributed by atoms with Gasteiger partial charge in [0, 0.05) is 12.1 Å². The van der Waals surface area contributed by atoms with Crippen LogP contribution in [0.3, 0.4) is 0 Å². The minimum absolute atomic E-state index is 0.0813. The molecule has 1 aromatic heterocycles. The van der Waals surface area contributed by atoms with Gasteiger partial charge in [-0.2, -0.15) is 0 Å². The minimum Gasteiger partial charge on any atom is -0.497 e. The van der Waals surface area contributed by atoms with E-state index in [0.717, 1.165) is 35.2 Å². The number of thioether (sulfide) groups is 1. The number of nitrogens with zero attached hydrogens (tertiary/aromatic N) is 1. The van der Waals surface area contributed by atoms with E-state index in [0.29, 0.717) is 5.16 Å². The second kappa shape index (κ2) is 6.99. The van der Waals surface area contributed by atoms with Gasteiger partial charge in [0.1, 0.15) is 16.8 Å². The van der Waals surface area contributed by atoms with Gasteiger partial charge in [-0.3, -0.25) is 4.79 Å². The molecule has 2 N–H and O–H groups in total. The van der Waals surface area contributed by atoms with Crippen LogP contribution >= 0.6 is 11.8 Å². The molecule has 1 atom stereocenters. The molecule has 1 amide bonds. The number of carbonyl (C=O) groups excluding carboxylic acids is 1. The SMILES string of the molecule is COc1ccc2nc(S[C@H](C(=O)NC3CC3)c3ccc(F)cc3)[nH]c2c1.